The quantitative estimate of drug-likeness (QED) is 0.500. The number of anilines is 1. The fraction of sp³-hybridized carbons (Fsp3) is 0.263. The van der Waals surface area contributed by atoms with E-state index in [1.54, 1.807) is 0 Å². The maximum Gasteiger partial charge on any atom is 0.338 e. The van der Waals surface area contributed by atoms with Crippen LogP contribution in [0.1, 0.15) is 22.3 Å². The molecule has 2 heterocycles. The van der Waals surface area contributed by atoms with E-state index in [2.05, 4.69) is 4.98 Å². The maximum absolute atomic E-state index is 13.4. The molecule has 0 radical (unpaired) electrons. The molecule has 11 heteroatoms. The Morgan fingerprint density at radius 2 is 1.97 bits per heavy atom. The molecule has 0 spiro atoms. The fourth-order valence-corrected chi connectivity index (χ4v) is 4.04. The third kappa shape index (κ3) is 4.59. The van der Waals surface area contributed by atoms with Crippen molar-refractivity contribution in [3.05, 3.63) is 53.7 Å². The van der Waals surface area contributed by atoms with Crippen LogP contribution in [0.3, 0.4) is 0 Å². The summed E-state index contributed by atoms with van der Waals surface area (Å²) in [7, 11) is 0. The number of rotatable bonds is 7. The Balaban J connectivity index is 1.76. The molecule has 1 fully saturated rings. The van der Waals surface area contributed by atoms with Crippen LogP contribution in [-0.4, -0.2) is 44.7 Å². The first-order chi connectivity index (χ1) is 14.1. The number of alkyl halides is 4. The number of aromatic carboxylic acids is 1. The van der Waals surface area contributed by atoms with E-state index in [9.17, 15) is 32.7 Å². The molecular weight excluding hydrogens is 445 g/mol. The van der Waals surface area contributed by atoms with Crippen molar-refractivity contribution in [3.8, 4) is 0 Å². The normalized spacial score (nSPS) is 18.0. The van der Waals surface area contributed by atoms with E-state index in [-0.39, 0.29) is 28.3 Å². The average molecular weight is 459 g/mol. The summed E-state index contributed by atoms with van der Waals surface area (Å²) in [4.78, 5) is 41.3. The Bertz CT molecular complexity index is 988. The second kappa shape index (κ2) is 8.65. The van der Waals surface area contributed by atoms with Gasteiger partial charge in [0.1, 0.15) is 5.03 Å². The molecule has 0 saturated carbocycles. The van der Waals surface area contributed by atoms with Gasteiger partial charge in [-0.15, -0.1) is 0 Å². The number of hydrogen-bond donors (Lipinski definition) is 1. The number of imide groups is 1. The van der Waals surface area contributed by atoms with Gasteiger partial charge in [-0.1, -0.05) is 35.5 Å². The summed E-state index contributed by atoms with van der Waals surface area (Å²) in [5.74, 6) is -6.06. The molecule has 0 bridgehead atoms. The van der Waals surface area contributed by atoms with Gasteiger partial charge in [0.15, 0.2) is 0 Å². The Morgan fingerprint density at radius 3 is 2.57 bits per heavy atom. The highest BCUT2D eigenvalue weighted by Crippen LogP contribution is 2.35. The summed E-state index contributed by atoms with van der Waals surface area (Å²) in [6, 6.07) is 7.91. The van der Waals surface area contributed by atoms with Crippen LogP contribution in [0.4, 0.5) is 18.9 Å². The number of aromatic nitrogens is 1. The molecule has 30 heavy (non-hydrogen) atoms. The first kappa shape index (κ1) is 22.1. The number of nitrogens with zero attached hydrogens (tertiary/aromatic N) is 2. The minimum absolute atomic E-state index is 0.0802. The minimum atomic E-state index is -3.76. The number of carbonyl (C=O) groups is 3. The van der Waals surface area contributed by atoms with Crippen LogP contribution >= 0.6 is 23.4 Å². The third-order valence-electron chi connectivity index (χ3n) is 4.31. The van der Waals surface area contributed by atoms with E-state index in [1.807, 2.05) is 0 Å². The second-order valence-corrected chi connectivity index (χ2v) is 8.02. The molecule has 1 N–H and O–H groups in total. The standard InChI is InChI=1S/C19H14ClF3N2O4S/c20-18(21)19(22,23)9-10-3-5-11(6-4-10)25-14(26)8-13(16(25)27)30-15-12(17(28)29)2-1-7-24-15/h1-7,13,18H,8-9H2,(H,28,29)/t13-,18+/m1/s1. The van der Waals surface area contributed by atoms with E-state index in [0.717, 1.165) is 16.7 Å². The van der Waals surface area contributed by atoms with Gasteiger partial charge in [-0.3, -0.25) is 9.59 Å². The largest absolute Gasteiger partial charge is 0.478 e. The van der Waals surface area contributed by atoms with Crippen LogP contribution < -0.4 is 4.90 Å². The van der Waals surface area contributed by atoms with E-state index in [1.165, 1.54) is 42.6 Å². The molecule has 158 valence electrons. The van der Waals surface area contributed by atoms with Gasteiger partial charge in [0.2, 0.25) is 17.4 Å². The number of carboxylic acids is 1. The third-order valence-corrected chi connectivity index (χ3v) is 5.83. The van der Waals surface area contributed by atoms with E-state index in [0.29, 0.717) is 0 Å². The van der Waals surface area contributed by atoms with Crippen LogP contribution in [0.2, 0.25) is 0 Å². The smallest absolute Gasteiger partial charge is 0.338 e. The van der Waals surface area contributed by atoms with Crippen LogP contribution in [-0.2, 0) is 16.0 Å². The van der Waals surface area contributed by atoms with Gasteiger partial charge in [-0.25, -0.2) is 27.8 Å². The highest BCUT2D eigenvalue weighted by molar-refractivity contribution is 8.00. The van der Waals surface area contributed by atoms with Crippen LogP contribution in [0.5, 0.6) is 0 Å². The lowest BCUT2D eigenvalue weighted by atomic mass is 10.1. The Morgan fingerprint density at radius 1 is 1.30 bits per heavy atom. The molecule has 2 atom stereocenters. The zero-order valence-corrected chi connectivity index (χ0v) is 16.7. The topological polar surface area (TPSA) is 87.6 Å². The van der Waals surface area contributed by atoms with Crippen molar-refractivity contribution in [1.29, 1.82) is 0 Å². The molecule has 0 unspecified atom stereocenters. The SMILES string of the molecule is O=C(O)c1cccnc1S[C@@H]1CC(=O)N(c2ccc(CC(F)(F)[C@H](F)Cl)cc2)C1=O. The molecule has 1 aliphatic rings. The number of benzene rings is 1. The predicted octanol–water partition coefficient (Wildman–Crippen LogP) is 3.92. The highest BCUT2D eigenvalue weighted by Gasteiger charge is 2.41. The van der Waals surface area contributed by atoms with E-state index < -0.39 is 41.0 Å². The van der Waals surface area contributed by atoms with Crippen molar-refractivity contribution in [1.82, 2.24) is 4.98 Å². The molecule has 0 aliphatic carbocycles. The Labute approximate surface area is 178 Å². The number of halogens is 4. The lowest BCUT2D eigenvalue weighted by Gasteiger charge is -2.18. The van der Waals surface area contributed by atoms with Crippen molar-refractivity contribution >= 4 is 46.8 Å². The molecule has 1 saturated heterocycles. The minimum Gasteiger partial charge on any atom is -0.478 e. The molecular formula is C19H14ClF3N2O4S. The Hall–Kier alpha value is -2.59. The van der Waals surface area contributed by atoms with Gasteiger partial charge in [0.05, 0.1) is 16.5 Å². The van der Waals surface area contributed by atoms with Gasteiger partial charge in [-0.05, 0) is 29.8 Å². The summed E-state index contributed by atoms with van der Waals surface area (Å²) in [6.07, 6.45) is 0.274. The van der Waals surface area contributed by atoms with Crippen molar-refractivity contribution in [2.24, 2.45) is 0 Å². The molecule has 2 aromatic rings. The second-order valence-electron chi connectivity index (χ2n) is 6.44. The Kier molecular flexibility index (Phi) is 6.37. The van der Waals surface area contributed by atoms with Crippen molar-refractivity contribution in [2.45, 2.75) is 34.7 Å². The number of carbonyl (C=O) groups excluding carboxylic acids is 2. The van der Waals surface area contributed by atoms with Crippen LogP contribution in [0, 0.1) is 0 Å². The lowest BCUT2D eigenvalue weighted by molar-refractivity contribution is -0.121. The van der Waals surface area contributed by atoms with Gasteiger partial charge in [0.25, 0.3) is 5.92 Å². The summed E-state index contributed by atoms with van der Waals surface area (Å²) < 4.78 is 39.6. The number of amides is 2. The predicted molar refractivity (Wildman–Crippen MR) is 104 cm³/mol. The lowest BCUT2D eigenvalue weighted by Crippen LogP contribution is -2.31. The van der Waals surface area contributed by atoms with E-state index in [4.69, 9.17) is 11.6 Å². The van der Waals surface area contributed by atoms with Gasteiger partial charge in [0, 0.05) is 19.0 Å². The number of hydrogen-bond acceptors (Lipinski definition) is 5. The number of thioether (sulfide) groups is 1. The molecule has 1 aromatic heterocycles. The summed E-state index contributed by atoms with van der Waals surface area (Å²) >= 11 is 5.72. The van der Waals surface area contributed by atoms with Crippen LogP contribution in [0.25, 0.3) is 0 Å². The molecule has 2 amide bonds. The first-order valence-corrected chi connectivity index (χ1v) is 9.88. The molecule has 1 aromatic carbocycles. The summed E-state index contributed by atoms with van der Waals surface area (Å²) in [5.41, 5.74) is -2.67. The van der Waals surface area contributed by atoms with Crippen molar-refractivity contribution in [2.75, 3.05) is 4.90 Å². The molecule has 3 rings (SSSR count). The number of carboxylic acid groups (broad SMARTS) is 1. The van der Waals surface area contributed by atoms with E-state index >= 15 is 0 Å². The first-order valence-electron chi connectivity index (χ1n) is 8.57. The maximum atomic E-state index is 13.4. The summed E-state index contributed by atoms with van der Waals surface area (Å²) in [5, 5.41) is 8.46. The summed E-state index contributed by atoms with van der Waals surface area (Å²) in [6.45, 7) is 0. The monoisotopic (exact) mass is 458 g/mol. The van der Waals surface area contributed by atoms with Gasteiger partial charge >= 0.3 is 5.97 Å². The van der Waals surface area contributed by atoms with Gasteiger partial charge < -0.3 is 5.11 Å². The van der Waals surface area contributed by atoms with Crippen molar-refractivity contribution < 1.29 is 32.7 Å². The zero-order chi connectivity index (χ0) is 22.1. The van der Waals surface area contributed by atoms with Crippen LogP contribution in [0.15, 0.2) is 47.6 Å². The highest BCUT2D eigenvalue weighted by atomic mass is 35.5. The molecule has 6 nitrogen and oxygen atoms in total. The fourth-order valence-electron chi connectivity index (χ4n) is 2.86. The zero-order valence-electron chi connectivity index (χ0n) is 15.1. The number of pyridine rings is 1. The van der Waals surface area contributed by atoms with Crippen molar-refractivity contribution in [3.63, 3.8) is 0 Å². The molecule has 1 aliphatic heterocycles. The average Bonchev–Trinajstić information content (AvgIpc) is 2.95. The van der Waals surface area contributed by atoms with Gasteiger partial charge in [-0.2, -0.15) is 0 Å².